The van der Waals surface area contributed by atoms with Crippen molar-refractivity contribution >= 4 is 27.0 Å². The van der Waals surface area contributed by atoms with Crippen molar-refractivity contribution in [1.29, 1.82) is 0 Å². The third kappa shape index (κ3) is 3.54. The summed E-state index contributed by atoms with van der Waals surface area (Å²) in [5, 5.41) is 10.2. The quantitative estimate of drug-likeness (QED) is 0.659. The first kappa shape index (κ1) is 20.4. The second-order valence-corrected chi connectivity index (χ2v) is 9.30. The Hall–Kier alpha value is -2.91. The van der Waals surface area contributed by atoms with Crippen molar-refractivity contribution < 1.29 is 31.9 Å². The summed E-state index contributed by atoms with van der Waals surface area (Å²) in [6.45, 7) is 0.724. The maximum atomic E-state index is 13.3. The van der Waals surface area contributed by atoms with E-state index < -0.39 is 21.8 Å². The lowest BCUT2D eigenvalue weighted by Crippen LogP contribution is -2.27. The Labute approximate surface area is 172 Å². The van der Waals surface area contributed by atoms with Gasteiger partial charge in [-0.25, -0.2) is 21.9 Å². The summed E-state index contributed by atoms with van der Waals surface area (Å²) in [5.41, 5.74) is 1.51. The molecule has 1 aliphatic rings. The number of sulfonamides is 1. The average Bonchev–Trinajstić information content (AvgIpc) is 3.32. The predicted octanol–water partition coefficient (Wildman–Crippen LogP) is 3.69. The summed E-state index contributed by atoms with van der Waals surface area (Å²) in [6.07, 6.45) is 1.79. The first-order chi connectivity index (χ1) is 14.2. The van der Waals surface area contributed by atoms with Crippen LogP contribution in [-0.4, -0.2) is 50.3 Å². The molecule has 3 aromatic rings. The van der Waals surface area contributed by atoms with Crippen LogP contribution in [0.2, 0.25) is 0 Å². The van der Waals surface area contributed by atoms with E-state index in [1.54, 1.807) is 12.1 Å². The van der Waals surface area contributed by atoms with Gasteiger partial charge < -0.3 is 14.3 Å². The Morgan fingerprint density at radius 1 is 1.27 bits per heavy atom. The van der Waals surface area contributed by atoms with Gasteiger partial charge in [0.15, 0.2) is 0 Å². The smallest absolute Gasteiger partial charge is 0.340 e. The maximum Gasteiger partial charge on any atom is 0.340 e. The van der Waals surface area contributed by atoms with Crippen molar-refractivity contribution in [3.8, 4) is 17.1 Å². The number of carbonyl (C=O) groups is 1. The van der Waals surface area contributed by atoms with Crippen LogP contribution in [0.3, 0.4) is 0 Å². The second kappa shape index (κ2) is 7.41. The number of rotatable bonds is 5. The molecule has 0 spiro atoms. The van der Waals surface area contributed by atoms with Gasteiger partial charge in [-0.1, -0.05) is 0 Å². The molecule has 2 heterocycles. The summed E-state index contributed by atoms with van der Waals surface area (Å²) in [4.78, 5) is 12.0. The number of hydrogen-bond donors (Lipinski definition) is 1. The van der Waals surface area contributed by atoms with E-state index >= 15 is 0 Å². The highest BCUT2D eigenvalue weighted by Gasteiger charge is 2.32. The minimum absolute atomic E-state index is 0.0364. The number of fused-ring (bicyclic) bond motifs is 1. The van der Waals surface area contributed by atoms with Crippen molar-refractivity contribution in [3.05, 3.63) is 53.3 Å². The Balaban J connectivity index is 1.85. The molecule has 0 bridgehead atoms. The lowest BCUT2D eigenvalue weighted by Gasteiger charge is -2.16. The van der Waals surface area contributed by atoms with E-state index in [2.05, 4.69) is 0 Å². The summed E-state index contributed by atoms with van der Waals surface area (Å²) >= 11 is 0. The monoisotopic (exact) mass is 433 g/mol. The predicted molar refractivity (Wildman–Crippen MR) is 109 cm³/mol. The number of hydrogen-bond acceptors (Lipinski definition) is 5. The number of halogens is 1. The second-order valence-electron chi connectivity index (χ2n) is 7.32. The zero-order valence-corrected chi connectivity index (χ0v) is 17.2. The first-order valence-corrected chi connectivity index (χ1v) is 11.1. The van der Waals surface area contributed by atoms with Crippen LogP contribution in [0.25, 0.3) is 22.3 Å². The molecule has 1 fully saturated rings. The number of benzene rings is 2. The van der Waals surface area contributed by atoms with Crippen LogP contribution in [0.4, 0.5) is 4.39 Å². The molecule has 0 amide bonds. The molecule has 1 saturated heterocycles. The summed E-state index contributed by atoms with van der Waals surface area (Å²) < 4.78 is 49.8. The molecular weight excluding hydrogens is 413 g/mol. The van der Waals surface area contributed by atoms with Gasteiger partial charge in [-0.15, -0.1) is 0 Å². The lowest BCUT2D eigenvalue weighted by molar-refractivity contribution is 0.0699. The van der Waals surface area contributed by atoms with Crippen LogP contribution in [0.5, 0.6) is 5.75 Å². The molecule has 158 valence electrons. The Morgan fingerprint density at radius 2 is 1.97 bits per heavy atom. The fourth-order valence-corrected chi connectivity index (χ4v) is 4.82. The number of carboxylic acid groups (broad SMARTS) is 1. The standard InChI is InChI=1S/C21H20FNO6S/c1-28-17-10-16-18(9-15(17)13-7-8-23(11-13)30(2,26)27)29-20(19(16)21(24)25)12-3-5-14(22)6-4-12/h3-6,9-10,13H,7-8,11H2,1-2H3,(H,24,25). The van der Waals surface area contributed by atoms with E-state index in [0.717, 1.165) is 5.56 Å². The van der Waals surface area contributed by atoms with Crippen molar-refractivity contribution in [2.24, 2.45) is 0 Å². The molecule has 1 aromatic heterocycles. The summed E-state index contributed by atoms with van der Waals surface area (Å²) in [5.74, 6) is -1.12. The molecule has 4 rings (SSSR count). The number of furan rings is 1. The largest absolute Gasteiger partial charge is 0.496 e. The minimum atomic E-state index is -3.30. The van der Waals surface area contributed by atoms with E-state index in [0.29, 0.717) is 41.8 Å². The van der Waals surface area contributed by atoms with Crippen molar-refractivity contribution in [2.75, 3.05) is 26.5 Å². The van der Waals surface area contributed by atoms with Crippen LogP contribution in [0.1, 0.15) is 28.3 Å². The topological polar surface area (TPSA) is 97.1 Å². The Bertz CT molecular complexity index is 1230. The zero-order valence-electron chi connectivity index (χ0n) is 16.4. The third-order valence-electron chi connectivity index (χ3n) is 5.42. The Morgan fingerprint density at radius 3 is 2.53 bits per heavy atom. The molecule has 0 radical (unpaired) electrons. The molecule has 1 atom stereocenters. The zero-order chi connectivity index (χ0) is 21.6. The van der Waals surface area contributed by atoms with Gasteiger partial charge in [0, 0.05) is 35.5 Å². The van der Waals surface area contributed by atoms with Gasteiger partial charge in [0.2, 0.25) is 10.0 Å². The molecule has 1 aliphatic heterocycles. The van der Waals surface area contributed by atoms with E-state index in [9.17, 15) is 22.7 Å². The molecule has 9 heteroatoms. The maximum absolute atomic E-state index is 13.3. The van der Waals surface area contributed by atoms with E-state index in [4.69, 9.17) is 9.15 Å². The molecule has 0 aliphatic carbocycles. The van der Waals surface area contributed by atoms with Gasteiger partial charge in [-0.3, -0.25) is 0 Å². The molecule has 1 N–H and O–H groups in total. The van der Waals surface area contributed by atoms with Crippen molar-refractivity contribution in [3.63, 3.8) is 0 Å². The van der Waals surface area contributed by atoms with Gasteiger partial charge in [0.05, 0.1) is 13.4 Å². The molecule has 1 unspecified atom stereocenters. The highest BCUT2D eigenvalue weighted by Crippen LogP contribution is 2.41. The first-order valence-electron chi connectivity index (χ1n) is 9.28. The minimum Gasteiger partial charge on any atom is -0.496 e. The molecule has 2 aromatic carbocycles. The molecule has 0 saturated carbocycles. The molecule has 7 nitrogen and oxygen atoms in total. The summed E-state index contributed by atoms with van der Waals surface area (Å²) in [6, 6.07) is 8.70. The number of carboxylic acids is 1. The Kier molecular flexibility index (Phi) is 5.03. The SMILES string of the molecule is COc1cc2c(C(=O)O)c(-c3ccc(F)cc3)oc2cc1C1CCN(S(C)(=O)=O)C1. The van der Waals surface area contributed by atoms with Gasteiger partial charge in [-0.05, 0) is 42.8 Å². The molecular formula is C21H20FNO6S. The van der Waals surface area contributed by atoms with Gasteiger partial charge in [0.1, 0.15) is 28.5 Å². The van der Waals surface area contributed by atoms with Gasteiger partial charge >= 0.3 is 5.97 Å². The van der Waals surface area contributed by atoms with Crippen LogP contribution < -0.4 is 4.74 Å². The number of methoxy groups -OCH3 is 1. The average molecular weight is 433 g/mol. The van der Waals surface area contributed by atoms with Gasteiger partial charge in [-0.2, -0.15) is 0 Å². The normalized spacial score (nSPS) is 17.5. The van der Waals surface area contributed by atoms with E-state index in [-0.39, 0.29) is 17.2 Å². The van der Waals surface area contributed by atoms with Crippen molar-refractivity contribution in [2.45, 2.75) is 12.3 Å². The fraction of sp³-hybridized carbons (Fsp3) is 0.286. The van der Waals surface area contributed by atoms with E-state index in [1.807, 2.05) is 0 Å². The van der Waals surface area contributed by atoms with E-state index in [1.165, 1.54) is 41.9 Å². The van der Waals surface area contributed by atoms with Crippen LogP contribution in [0.15, 0.2) is 40.8 Å². The summed E-state index contributed by atoms with van der Waals surface area (Å²) in [7, 11) is -1.82. The van der Waals surface area contributed by atoms with Crippen molar-refractivity contribution in [1.82, 2.24) is 4.31 Å². The van der Waals surface area contributed by atoms with Crippen LogP contribution in [-0.2, 0) is 10.0 Å². The highest BCUT2D eigenvalue weighted by molar-refractivity contribution is 7.88. The lowest BCUT2D eigenvalue weighted by atomic mass is 9.95. The third-order valence-corrected chi connectivity index (χ3v) is 6.69. The number of aromatic carboxylic acids is 1. The fourth-order valence-electron chi connectivity index (χ4n) is 3.93. The van der Waals surface area contributed by atoms with Crippen LogP contribution in [0, 0.1) is 5.82 Å². The number of nitrogens with zero attached hydrogens (tertiary/aromatic N) is 1. The molecule has 30 heavy (non-hydrogen) atoms. The van der Waals surface area contributed by atoms with Gasteiger partial charge in [0.25, 0.3) is 0 Å². The highest BCUT2D eigenvalue weighted by atomic mass is 32.2. The number of ether oxygens (including phenoxy) is 1. The van der Waals surface area contributed by atoms with Crippen LogP contribution >= 0.6 is 0 Å².